The Labute approximate surface area is 195 Å². The number of hydrogen-bond donors (Lipinski definition) is 4. The third-order valence-corrected chi connectivity index (χ3v) is 5.72. The van der Waals surface area contributed by atoms with Crippen LogP contribution in [0.3, 0.4) is 0 Å². The summed E-state index contributed by atoms with van der Waals surface area (Å²) in [5.41, 5.74) is 7.05. The molecule has 0 bridgehead atoms. The van der Waals surface area contributed by atoms with Crippen LogP contribution in [0, 0.1) is 11.3 Å². The molecule has 2 aromatic heterocycles. The van der Waals surface area contributed by atoms with E-state index in [4.69, 9.17) is 16.8 Å². The molecule has 2 atom stereocenters. The first kappa shape index (κ1) is 22.8. The number of anilines is 1. The maximum atomic E-state index is 12.4. The summed E-state index contributed by atoms with van der Waals surface area (Å²) in [5.74, 6) is 5.99. The average Bonchev–Trinajstić information content (AvgIpc) is 3.44. The number of likely N-dealkylation sites (tertiary alicyclic amines) is 1. The van der Waals surface area contributed by atoms with E-state index in [1.807, 2.05) is 6.07 Å². The van der Waals surface area contributed by atoms with Gasteiger partial charge in [0.05, 0.1) is 12.1 Å². The maximum absolute atomic E-state index is 12.4. The highest BCUT2D eigenvalue weighted by atomic mass is 16.3. The minimum Gasteiger partial charge on any atom is -0.369 e. The molecule has 11 nitrogen and oxygen atoms in total. The first-order valence-electron chi connectivity index (χ1n) is 10.7. The second-order valence-corrected chi connectivity index (χ2v) is 7.87. The van der Waals surface area contributed by atoms with E-state index in [1.165, 1.54) is 0 Å². The molecule has 1 aromatic carbocycles. The first-order chi connectivity index (χ1) is 16.4. The fourth-order valence-electron chi connectivity index (χ4n) is 4.12. The number of nitrogens with two attached hydrogens (primary N) is 2. The molecule has 174 valence electrons. The SMILES string of the molecule is N#CCC(=O)N1CCC[C@H]1c1nc(-c2ccc(C(O)Nc3ccccn3)cc2)c(C(N)=O)n1N. The Balaban J connectivity index is 1.63. The quantitative estimate of drug-likeness (QED) is 0.302. The topological polar surface area (TPSA) is 176 Å². The fraction of sp³-hybridized carbons (Fsp3) is 0.261. The van der Waals surface area contributed by atoms with Crippen LogP contribution >= 0.6 is 0 Å². The van der Waals surface area contributed by atoms with Gasteiger partial charge in [-0.1, -0.05) is 30.3 Å². The van der Waals surface area contributed by atoms with Crippen molar-refractivity contribution in [2.24, 2.45) is 5.73 Å². The third kappa shape index (κ3) is 4.39. The number of imidazole rings is 1. The molecule has 1 fully saturated rings. The monoisotopic (exact) mass is 460 g/mol. The van der Waals surface area contributed by atoms with Gasteiger partial charge in [0.15, 0.2) is 17.7 Å². The molecule has 34 heavy (non-hydrogen) atoms. The molecular weight excluding hydrogens is 436 g/mol. The van der Waals surface area contributed by atoms with Crippen molar-refractivity contribution in [1.82, 2.24) is 19.5 Å². The van der Waals surface area contributed by atoms with Crippen LogP contribution in [0.5, 0.6) is 0 Å². The molecule has 0 radical (unpaired) electrons. The highest BCUT2D eigenvalue weighted by molar-refractivity contribution is 5.97. The van der Waals surface area contributed by atoms with E-state index >= 15 is 0 Å². The van der Waals surface area contributed by atoms with Gasteiger partial charge in [0.25, 0.3) is 5.91 Å². The number of aromatic nitrogens is 3. The van der Waals surface area contributed by atoms with Gasteiger partial charge in [-0.05, 0) is 25.0 Å². The Morgan fingerprint density at radius 3 is 2.68 bits per heavy atom. The molecule has 1 saturated heterocycles. The average molecular weight is 460 g/mol. The summed E-state index contributed by atoms with van der Waals surface area (Å²) < 4.78 is 1.13. The normalized spacial score (nSPS) is 16.1. The van der Waals surface area contributed by atoms with Gasteiger partial charge in [0.1, 0.15) is 17.9 Å². The van der Waals surface area contributed by atoms with E-state index in [2.05, 4.69) is 15.3 Å². The lowest BCUT2D eigenvalue weighted by molar-refractivity contribution is -0.131. The van der Waals surface area contributed by atoms with Gasteiger partial charge in [-0.3, -0.25) is 9.59 Å². The summed E-state index contributed by atoms with van der Waals surface area (Å²) in [4.78, 5) is 34.9. The number of hydrogen-bond acceptors (Lipinski definition) is 8. The fourth-order valence-corrected chi connectivity index (χ4v) is 4.12. The second-order valence-electron chi connectivity index (χ2n) is 7.87. The molecule has 1 aliphatic heterocycles. The molecular formula is C23H24N8O3. The third-order valence-electron chi connectivity index (χ3n) is 5.72. The standard InChI is InChI=1S/C23H24N8O3/c24-11-10-18(32)30-13-3-4-16(30)22-29-19(20(21(25)33)31(22)26)14-6-8-15(9-7-14)23(34)28-17-5-1-2-12-27-17/h1-2,5-9,12,16,23,34H,3-4,10,13,26H2,(H2,25,33)(H,27,28)/t16-,23?/m0/s1. The molecule has 0 aliphatic carbocycles. The van der Waals surface area contributed by atoms with Crippen LogP contribution in [0.25, 0.3) is 11.3 Å². The van der Waals surface area contributed by atoms with E-state index in [9.17, 15) is 14.7 Å². The maximum Gasteiger partial charge on any atom is 0.269 e. The lowest BCUT2D eigenvalue weighted by atomic mass is 10.1. The zero-order chi connectivity index (χ0) is 24.2. The van der Waals surface area contributed by atoms with Crippen LogP contribution in [-0.4, -0.2) is 43.0 Å². The Kier molecular flexibility index (Phi) is 6.42. The van der Waals surface area contributed by atoms with Gasteiger partial charge in [-0.25, -0.2) is 14.6 Å². The summed E-state index contributed by atoms with van der Waals surface area (Å²) in [6.07, 6.45) is 1.71. The van der Waals surface area contributed by atoms with Crippen LogP contribution in [0.15, 0.2) is 48.7 Å². The Morgan fingerprint density at radius 1 is 1.26 bits per heavy atom. The molecule has 2 amide bonds. The van der Waals surface area contributed by atoms with Crippen molar-refractivity contribution in [3.63, 3.8) is 0 Å². The number of nitrogens with zero attached hydrogens (tertiary/aromatic N) is 5. The summed E-state index contributed by atoms with van der Waals surface area (Å²) in [7, 11) is 0. The van der Waals surface area contributed by atoms with Gasteiger partial charge >= 0.3 is 0 Å². The zero-order valence-corrected chi connectivity index (χ0v) is 18.3. The van der Waals surface area contributed by atoms with Crippen molar-refractivity contribution in [2.75, 3.05) is 17.7 Å². The zero-order valence-electron chi connectivity index (χ0n) is 18.3. The number of nitrogen functional groups attached to an aromatic ring is 1. The van der Waals surface area contributed by atoms with Crippen molar-refractivity contribution in [3.05, 3.63) is 65.7 Å². The van der Waals surface area contributed by atoms with Gasteiger partial charge < -0.3 is 26.9 Å². The lowest BCUT2D eigenvalue weighted by Gasteiger charge is -2.23. The number of primary amides is 1. The smallest absolute Gasteiger partial charge is 0.269 e. The number of rotatable bonds is 7. The number of benzene rings is 1. The van der Waals surface area contributed by atoms with Crippen molar-refractivity contribution in [2.45, 2.75) is 31.5 Å². The molecule has 3 heterocycles. The summed E-state index contributed by atoms with van der Waals surface area (Å²) >= 11 is 0. The molecule has 3 aromatic rings. The van der Waals surface area contributed by atoms with Crippen molar-refractivity contribution >= 4 is 17.6 Å². The number of nitriles is 1. The van der Waals surface area contributed by atoms with Crippen molar-refractivity contribution in [1.29, 1.82) is 5.26 Å². The number of aliphatic hydroxyl groups excluding tert-OH is 1. The lowest BCUT2D eigenvalue weighted by Crippen LogP contribution is -2.33. The Morgan fingerprint density at radius 2 is 2.03 bits per heavy atom. The van der Waals surface area contributed by atoms with Crippen LogP contribution in [0.2, 0.25) is 0 Å². The number of amides is 2. The summed E-state index contributed by atoms with van der Waals surface area (Å²) in [6.45, 7) is 0.481. The van der Waals surface area contributed by atoms with E-state index < -0.39 is 18.2 Å². The molecule has 1 unspecified atom stereocenters. The first-order valence-corrected chi connectivity index (χ1v) is 10.7. The minimum absolute atomic E-state index is 0.00879. The number of aliphatic hydroxyl groups is 1. The van der Waals surface area contributed by atoms with E-state index in [1.54, 1.807) is 53.6 Å². The van der Waals surface area contributed by atoms with Gasteiger partial charge in [-0.15, -0.1) is 0 Å². The number of pyridine rings is 1. The van der Waals surface area contributed by atoms with E-state index in [0.717, 1.165) is 11.1 Å². The van der Waals surface area contributed by atoms with Crippen LogP contribution in [0.1, 0.15) is 53.4 Å². The molecule has 4 rings (SSSR count). The van der Waals surface area contributed by atoms with E-state index in [-0.39, 0.29) is 23.7 Å². The van der Waals surface area contributed by atoms with Gasteiger partial charge in [-0.2, -0.15) is 5.26 Å². The predicted octanol–water partition coefficient (Wildman–Crippen LogP) is 1.44. The number of carbonyl (C=O) groups is 2. The second kappa shape index (κ2) is 9.60. The van der Waals surface area contributed by atoms with Gasteiger partial charge in [0.2, 0.25) is 5.91 Å². The molecule has 6 N–H and O–H groups in total. The van der Waals surface area contributed by atoms with Crippen LogP contribution < -0.4 is 16.9 Å². The predicted molar refractivity (Wildman–Crippen MR) is 123 cm³/mol. The summed E-state index contributed by atoms with van der Waals surface area (Å²) in [5, 5.41) is 22.3. The van der Waals surface area contributed by atoms with Crippen LogP contribution in [0.4, 0.5) is 5.82 Å². The Hall–Kier alpha value is -4.43. The van der Waals surface area contributed by atoms with Gasteiger partial charge in [0, 0.05) is 23.9 Å². The van der Waals surface area contributed by atoms with Crippen molar-refractivity contribution < 1.29 is 14.7 Å². The minimum atomic E-state index is -1.000. The molecule has 0 saturated carbocycles. The summed E-state index contributed by atoms with van der Waals surface area (Å²) in [6, 6.07) is 13.5. The highest BCUT2D eigenvalue weighted by Gasteiger charge is 2.35. The molecule has 1 aliphatic rings. The number of nitrogens with one attached hydrogen (secondary N) is 1. The van der Waals surface area contributed by atoms with Crippen LogP contribution in [-0.2, 0) is 4.79 Å². The highest BCUT2D eigenvalue weighted by Crippen LogP contribution is 2.34. The van der Waals surface area contributed by atoms with Crippen molar-refractivity contribution in [3.8, 4) is 17.3 Å². The largest absolute Gasteiger partial charge is 0.369 e. The number of carbonyl (C=O) groups excluding carboxylic acids is 2. The molecule has 11 heteroatoms. The Bertz CT molecular complexity index is 1230. The molecule has 0 spiro atoms. The van der Waals surface area contributed by atoms with E-state index in [0.29, 0.717) is 35.7 Å².